The number of esters is 1. The SMILES string of the molecule is CCOC(=O)c1ccc2c(c1)C(C)=CC(C)(C)N2. The minimum absolute atomic E-state index is 0.0530. The maximum atomic E-state index is 11.7. The number of carbonyl (C=O) groups excluding carboxylic acids is 1. The van der Waals surface area contributed by atoms with Crippen molar-refractivity contribution in [2.24, 2.45) is 0 Å². The quantitative estimate of drug-likeness (QED) is 0.811. The summed E-state index contributed by atoms with van der Waals surface area (Å²) < 4.78 is 5.02. The summed E-state index contributed by atoms with van der Waals surface area (Å²) in [5.41, 5.74) is 3.86. The maximum Gasteiger partial charge on any atom is 0.338 e. The lowest BCUT2D eigenvalue weighted by Crippen LogP contribution is -2.31. The van der Waals surface area contributed by atoms with Crippen LogP contribution < -0.4 is 5.32 Å². The fourth-order valence-corrected chi connectivity index (χ4v) is 2.32. The first-order chi connectivity index (χ1) is 8.43. The molecule has 1 aliphatic heterocycles. The van der Waals surface area contributed by atoms with Gasteiger partial charge in [0.2, 0.25) is 0 Å². The molecule has 1 aromatic carbocycles. The van der Waals surface area contributed by atoms with Gasteiger partial charge in [0.25, 0.3) is 0 Å². The van der Waals surface area contributed by atoms with E-state index in [1.165, 1.54) is 5.57 Å². The van der Waals surface area contributed by atoms with E-state index in [1.54, 1.807) is 6.07 Å². The van der Waals surface area contributed by atoms with Gasteiger partial charge in [-0.3, -0.25) is 0 Å². The molecular weight excluding hydrogens is 226 g/mol. The fourth-order valence-electron chi connectivity index (χ4n) is 2.32. The summed E-state index contributed by atoms with van der Waals surface area (Å²) in [6, 6.07) is 5.64. The first-order valence-corrected chi connectivity index (χ1v) is 6.22. The van der Waals surface area contributed by atoms with Crippen LogP contribution in [0.4, 0.5) is 5.69 Å². The number of allylic oxidation sites excluding steroid dienone is 1. The Morgan fingerprint density at radius 2 is 2.11 bits per heavy atom. The number of hydrogen-bond donors (Lipinski definition) is 1. The Morgan fingerprint density at radius 1 is 1.39 bits per heavy atom. The van der Waals surface area contributed by atoms with E-state index in [4.69, 9.17) is 4.74 Å². The largest absolute Gasteiger partial charge is 0.462 e. The smallest absolute Gasteiger partial charge is 0.338 e. The zero-order chi connectivity index (χ0) is 13.3. The van der Waals surface area contributed by atoms with Crippen molar-refractivity contribution >= 4 is 17.2 Å². The van der Waals surface area contributed by atoms with Crippen LogP contribution >= 0.6 is 0 Å². The third-order valence-electron chi connectivity index (χ3n) is 2.99. The molecule has 1 aliphatic rings. The highest BCUT2D eigenvalue weighted by Crippen LogP contribution is 2.34. The van der Waals surface area contributed by atoms with Crippen molar-refractivity contribution in [3.63, 3.8) is 0 Å². The molecule has 0 atom stereocenters. The van der Waals surface area contributed by atoms with E-state index in [0.717, 1.165) is 11.3 Å². The molecule has 0 saturated carbocycles. The van der Waals surface area contributed by atoms with Gasteiger partial charge < -0.3 is 10.1 Å². The number of rotatable bonds is 2. The van der Waals surface area contributed by atoms with E-state index in [2.05, 4.69) is 32.2 Å². The van der Waals surface area contributed by atoms with Crippen molar-refractivity contribution in [3.05, 3.63) is 35.4 Å². The highest BCUT2D eigenvalue weighted by atomic mass is 16.5. The van der Waals surface area contributed by atoms with E-state index in [-0.39, 0.29) is 11.5 Å². The molecular formula is C15H19NO2. The lowest BCUT2D eigenvalue weighted by atomic mass is 9.90. The summed E-state index contributed by atoms with van der Waals surface area (Å²) in [5.74, 6) is -0.266. The molecule has 96 valence electrons. The standard InChI is InChI=1S/C15H19NO2/c1-5-18-14(17)11-6-7-13-12(8-11)10(2)9-15(3,4)16-13/h6-9,16H,5H2,1-4H3. The zero-order valence-electron chi connectivity index (χ0n) is 11.3. The van der Waals surface area contributed by atoms with Gasteiger partial charge in [0, 0.05) is 11.3 Å². The highest BCUT2D eigenvalue weighted by Gasteiger charge is 2.23. The lowest BCUT2D eigenvalue weighted by molar-refractivity contribution is 0.0526. The third kappa shape index (κ3) is 2.40. The molecule has 0 aromatic heterocycles. The molecule has 0 radical (unpaired) electrons. The molecule has 3 nitrogen and oxygen atoms in total. The summed E-state index contributed by atoms with van der Waals surface area (Å²) in [5, 5.41) is 3.44. The van der Waals surface area contributed by atoms with Crippen LogP contribution in [0.3, 0.4) is 0 Å². The molecule has 2 rings (SSSR count). The van der Waals surface area contributed by atoms with Crippen molar-refractivity contribution in [2.75, 3.05) is 11.9 Å². The number of nitrogens with one attached hydrogen (secondary N) is 1. The van der Waals surface area contributed by atoms with Gasteiger partial charge in [-0.05, 0) is 51.5 Å². The molecule has 3 heteroatoms. The molecule has 1 aromatic rings. The normalized spacial score (nSPS) is 16.3. The van der Waals surface area contributed by atoms with E-state index < -0.39 is 0 Å². The van der Waals surface area contributed by atoms with Crippen LogP contribution in [0.5, 0.6) is 0 Å². The van der Waals surface area contributed by atoms with E-state index in [0.29, 0.717) is 12.2 Å². The summed E-state index contributed by atoms with van der Waals surface area (Å²) in [7, 11) is 0. The first kappa shape index (κ1) is 12.7. The predicted molar refractivity (Wildman–Crippen MR) is 73.8 cm³/mol. The van der Waals surface area contributed by atoms with Crippen LogP contribution in [0.2, 0.25) is 0 Å². The monoisotopic (exact) mass is 245 g/mol. The zero-order valence-corrected chi connectivity index (χ0v) is 11.3. The van der Waals surface area contributed by atoms with E-state index >= 15 is 0 Å². The summed E-state index contributed by atoms with van der Waals surface area (Å²) in [4.78, 5) is 11.7. The number of ether oxygens (including phenoxy) is 1. The first-order valence-electron chi connectivity index (χ1n) is 6.22. The van der Waals surface area contributed by atoms with Crippen molar-refractivity contribution in [2.45, 2.75) is 33.2 Å². The maximum absolute atomic E-state index is 11.7. The molecule has 0 spiro atoms. The Morgan fingerprint density at radius 3 is 2.78 bits per heavy atom. The molecule has 1 heterocycles. The van der Waals surface area contributed by atoms with Gasteiger partial charge in [-0.25, -0.2) is 4.79 Å². The summed E-state index contributed by atoms with van der Waals surface area (Å²) in [6.45, 7) is 8.52. The Bertz CT molecular complexity index is 515. The van der Waals surface area contributed by atoms with E-state index in [9.17, 15) is 4.79 Å². The Labute approximate surface area is 108 Å². The van der Waals surface area contributed by atoms with Crippen LogP contribution in [-0.2, 0) is 4.74 Å². The Hall–Kier alpha value is -1.77. The van der Waals surface area contributed by atoms with Crippen LogP contribution in [0, 0.1) is 0 Å². The fraction of sp³-hybridized carbons (Fsp3) is 0.400. The average molecular weight is 245 g/mol. The summed E-state index contributed by atoms with van der Waals surface area (Å²) >= 11 is 0. The number of benzene rings is 1. The topological polar surface area (TPSA) is 38.3 Å². The molecule has 18 heavy (non-hydrogen) atoms. The van der Waals surface area contributed by atoms with Crippen LogP contribution in [0.25, 0.3) is 5.57 Å². The molecule has 0 unspecified atom stereocenters. The van der Waals surface area contributed by atoms with Crippen molar-refractivity contribution in [1.82, 2.24) is 0 Å². The van der Waals surface area contributed by atoms with Crippen molar-refractivity contribution < 1.29 is 9.53 Å². The van der Waals surface area contributed by atoms with Gasteiger partial charge >= 0.3 is 5.97 Å². The number of fused-ring (bicyclic) bond motifs is 1. The molecule has 0 amide bonds. The number of carbonyl (C=O) groups is 1. The van der Waals surface area contributed by atoms with E-state index in [1.807, 2.05) is 19.1 Å². The minimum atomic E-state index is -0.266. The molecule has 0 fully saturated rings. The predicted octanol–water partition coefficient (Wildman–Crippen LogP) is 3.47. The van der Waals surface area contributed by atoms with Gasteiger partial charge in [-0.1, -0.05) is 6.08 Å². The molecule has 0 aliphatic carbocycles. The lowest BCUT2D eigenvalue weighted by Gasteiger charge is -2.31. The Kier molecular flexibility index (Phi) is 3.16. The van der Waals surface area contributed by atoms with Gasteiger partial charge in [0.05, 0.1) is 17.7 Å². The molecule has 0 saturated heterocycles. The van der Waals surface area contributed by atoms with Gasteiger partial charge in [-0.2, -0.15) is 0 Å². The minimum Gasteiger partial charge on any atom is -0.462 e. The van der Waals surface area contributed by atoms with Gasteiger partial charge in [0.15, 0.2) is 0 Å². The summed E-state index contributed by atoms with van der Waals surface area (Å²) in [6.07, 6.45) is 2.17. The van der Waals surface area contributed by atoms with Gasteiger partial charge in [0.1, 0.15) is 0 Å². The average Bonchev–Trinajstić information content (AvgIpc) is 2.27. The van der Waals surface area contributed by atoms with Crippen LogP contribution in [-0.4, -0.2) is 18.1 Å². The van der Waals surface area contributed by atoms with Gasteiger partial charge in [-0.15, -0.1) is 0 Å². The van der Waals surface area contributed by atoms with Crippen LogP contribution in [0.1, 0.15) is 43.6 Å². The number of anilines is 1. The second kappa shape index (κ2) is 4.48. The second-order valence-electron chi connectivity index (χ2n) is 5.15. The second-order valence-corrected chi connectivity index (χ2v) is 5.15. The van der Waals surface area contributed by atoms with Crippen molar-refractivity contribution in [3.8, 4) is 0 Å². The Balaban J connectivity index is 2.40. The van der Waals surface area contributed by atoms with Crippen molar-refractivity contribution in [1.29, 1.82) is 0 Å². The third-order valence-corrected chi connectivity index (χ3v) is 2.99. The molecule has 0 bridgehead atoms. The highest BCUT2D eigenvalue weighted by molar-refractivity contribution is 5.93. The molecule has 1 N–H and O–H groups in total. The van der Waals surface area contributed by atoms with Crippen LogP contribution in [0.15, 0.2) is 24.3 Å². The number of hydrogen-bond acceptors (Lipinski definition) is 3.